The maximum Gasteiger partial charge on any atom is 0.277 e. The van der Waals surface area contributed by atoms with Crippen LogP contribution < -0.4 is 5.32 Å². The maximum atomic E-state index is 11.8. The number of hydrogen-bond acceptors (Lipinski definition) is 7. The third kappa shape index (κ3) is 3.67. The second-order valence-electron chi connectivity index (χ2n) is 4.17. The van der Waals surface area contributed by atoms with Gasteiger partial charge in [0.1, 0.15) is 5.69 Å². The molecule has 0 atom stereocenters. The van der Waals surface area contributed by atoms with E-state index < -0.39 is 0 Å². The summed E-state index contributed by atoms with van der Waals surface area (Å²) in [6, 6.07) is 9.24. The second-order valence-corrected chi connectivity index (χ2v) is 5.09. The van der Waals surface area contributed by atoms with Gasteiger partial charge in [-0.05, 0) is 12.1 Å². The first kappa shape index (κ1) is 14.2. The largest absolute Gasteiger partial charge is 0.410 e. The summed E-state index contributed by atoms with van der Waals surface area (Å²) in [7, 11) is 0. The number of hydrogen-bond donors (Lipinski definition) is 1. The van der Waals surface area contributed by atoms with Crippen LogP contribution in [0.5, 0.6) is 0 Å². The smallest absolute Gasteiger partial charge is 0.277 e. The van der Waals surface area contributed by atoms with Crippen molar-refractivity contribution in [1.82, 2.24) is 20.2 Å². The fraction of sp³-hybridized carbons (Fsp3) is 0.0714. The van der Waals surface area contributed by atoms with Crippen molar-refractivity contribution in [2.24, 2.45) is 0 Å². The minimum Gasteiger partial charge on any atom is -0.410 e. The van der Waals surface area contributed by atoms with Crippen LogP contribution in [-0.2, 0) is 4.79 Å². The lowest BCUT2D eigenvalue weighted by Crippen LogP contribution is -2.13. The molecule has 2 heterocycles. The fourth-order valence-electron chi connectivity index (χ4n) is 1.63. The number of aromatic nitrogens is 4. The van der Waals surface area contributed by atoms with Crippen molar-refractivity contribution in [2.45, 2.75) is 5.22 Å². The molecule has 1 N–H and O–H groups in total. The third-order valence-corrected chi connectivity index (χ3v) is 3.39. The van der Waals surface area contributed by atoms with Crippen LogP contribution in [0.4, 0.5) is 5.69 Å². The van der Waals surface area contributed by atoms with Crippen molar-refractivity contribution in [2.75, 3.05) is 11.1 Å². The minimum absolute atomic E-state index is 0.143. The molecule has 7 nitrogen and oxygen atoms in total. The Balaban J connectivity index is 1.56. The van der Waals surface area contributed by atoms with Crippen LogP contribution in [0.2, 0.25) is 0 Å². The zero-order valence-electron chi connectivity index (χ0n) is 11.3. The molecule has 0 saturated heterocycles. The molecule has 3 rings (SSSR count). The molecule has 0 spiro atoms. The lowest BCUT2D eigenvalue weighted by Gasteiger charge is -2.02. The molecule has 3 aromatic rings. The van der Waals surface area contributed by atoms with E-state index in [2.05, 4.69) is 25.5 Å². The quantitative estimate of drug-likeness (QED) is 0.722. The van der Waals surface area contributed by atoms with Gasteiger partial charge in [0, 0.05) is 18.1 Å². The lowest BCUT2D eigenvalue weighted by molar-refractivity contribution is -0.113. The van der Waals surface area contributed by atoms with Crippen LogP contribution in [-0.4, -0.2) is 31.8 Å². The molecule has 8 heteroatoms. The van der Waals surface area contributed by atoms with Gasteiger partial charge in [-0.25, -0.2) is 4.98 Å². The van der Waals surface area contributed by atoms with E-state index >= 15 is 0 Å². The summed E-state index contributed by atoms with van der Waals surface area (Å²) in [5, 5.41) is 10.8. The Morgan fingerprint density at radius 2 is 2.05 bits per heavy atom. The molecule has 22 heavy (non-hydrogen) atoms. The van der Waals surface area contributed by atoms with Gasteiger partial charge >= 0.3 is 0 Å². The Bertz CT molecular complexity index is 748. The van der Waals surface area contributed by atoms with E-state index in [0.29, 0.717) is 10.9 Å². The van der Waals surface area contributed by atoms with Gasteiger partial charge in [-0.2, -0.15) is 0 Å². The second kappa shape index (κ2) is 6.81. The van der Waals surface area contributed by atoms with Crippen LogP contribution in [0.15, 0.2) is 58.6 Å². The average molecular weight is 313 g/mol. The summed E-state index contributed by atoms with van der Waals surface area (Å²) in [5.41, 5.74) is 1.24. The normalized spacial score (nSPS) is 10.4. The van der Waals surface area contributed by atoms with Crippen molar-refractivity contribution in [3.8, 4) is 11.6 Å². The summed E-state index contributed by atoms with van der Waals surface area (Å²) in [5.74, 6) is 0.311. The third-order valence-electron chi connectivity index (χ3n) is 2.57. The number of anilines is 1. The van der Waals surface area contributed by atoms with E-state index in [0.717, 1.165) is 17.4 Å². The first-order chi connectivity index (χ1) is 10.8. The van der Waals surface area contributed by atoms with Crippen molar-refractivity contribution >= 4 is 23.4 Å². The Morgan fingerprint density at radius 3 is 2.82 bits per heavy atom. The van der Waals surface area contributed by atoms with Gasteiger partial charge in [-0.3, -0.25) is 9.78 Å². The lowest BCUT2D eigenvalue weighted by atomic mass is 10.3. The topological polar surface area (TPSA) is 93.8 Å². The van der Waals surface area contributed by atoms with Gasteiger partial charge in [0.05, 0.1) is 11.9 Å². The molecular weight excluding hydrogens is 302 g/mol. The van der Waals surface area contributed by atoms with Crippen molar-refractivity contribution in [3.05, 3.63) is 48.9 Å². The molecule has 0 fully saturated rings. The van der Waals surface area contributed by atoms with Gasteiger partial charge in [0.25, 0.3) is 11.1 Å². The molecule has 0 aliphatic carbocycles. The number of carbonyl (C=O) groups excluding carboxylic acids is 1. The highest BCUT2D eigenvalue weighted by atomic mass is 32.2. The first-order valence-corrected chi connectivity index (χ1v) is 7.37. The number of nitrogens with one attached hydrogen (secondary N) is 1. The highest BCUT2D eigenvalue weighted by Gasteiger charge is 2.12. The Morgan fingerprint density at radius 1 is 1.18 bits per heavy atom. The monoisotopic (exact) mass is 313 g/mol. The average Bonchev–Trinajstić information content (AvgIpc) is 3.04. The molecule has 0 aliphatic rings. The standard InChI is InChI=1S/C14H11N5O2S/c20-12(17-10-4-2-1-3-5-10)9-22-14-19-18-13(21-14)11-8-15-6-7-16-11/h1-8H,9H2,(H,17,20). The maximum absolute atomic E-state index is 11.8. The van der Waals surface area contributed by atoms with Gasteiger partial charge in [-0.15, -0.1) is 10.2 Å². The highest BCUT2D eigenvalue weighted by molar-refractivity contribution is 7.99. The summed E-state index contributed by atoms with van der Waals surface area (Å²) in [6.07, 6.45) is 4.63. The Hall–Kier alpha value is -2.74. The van der Waals surface area contributed by atoms with Gasteiger partial charge in [0.15, 0.2) is 0 Å². The number of nitrogens with zero attached hydrogens (tertiary/aromatic N) is 4. The van der Waals surface area contributed by atoms with Crippen molar-refractivity contribution in [3.63, 3.8) is 0 Å². The predicted molar refractivity (Wildman–Crippen MR) is 81.1 cm³/mol. The summed E-state index contributed by atoms with van der Waals surface area (Å²) in [4.78, 5) is 19.8. The number of para-hydroxylation sites is 1. The molecule has 0 radical (unpaired) electrons. The number of thioether (sulfide) groups is 1. The van der Waals surface area contributed by atoms with E-state index in [1.807, 2.05) is 30.3 Å². The number of rotatable bonds is 5. The summed E-state index contributed by atoms with van der Waals surface area (Å²) >= 11 is 1.16. The van der Waals surface area contributed by atoms with Gasteiger partial charge < -0.3 is 9.73 Å². The van der Waals surface area contributed by atoms with Crippen LogP contribution in [0.25, 0.3) is 11.6 Å². The number of carbonyl (C=O) groups is 1. The van der Waals surface area contributed by atoms with Crippen molar-refractivity contribution < 1.29 is 9.21 Å². The molecule has 0 bridgehead atoms. The molecule has 0 aliphatic heterocycles. The van der Waals surface area contributed by atoms with Crippen LogP contribution in [0, 0.1) is 0 Å². The molecule has 1 aromatic carbocycles. The van der Waals surface area contributed by atoms with E-state index in [9.17, 15) is 4.79 Å². The SMILES string of the molecule is O=C(CSc1nnc(-c2cnccn2)o1)Nc1ccccc1. The summed E-state index contributed by atoms with van der Waals surface area (Å²) < 4.78 is 5.43. The fourth-order valence-corrected chi connectivity index (χ4v) is 2.19. The minimum atomic E-state index is -0.143. The number of amides is 1. The van der Waals surface area contributed by atoms with E-state index in [-0.39, 0.29) is 17.6 Å². The predicted octanol–water partition coefficient (Wildman–Crippen LogP) is 2.26. The first-order valence-electron chi connectivity index (χ1n) is 6.39. The zero-order chi connectivity index (χ0) is 15.2. The summed E-state index contributed by atoms with van der Waals surface area (Å²) in [6.45, 7) is 0. The number of benzene rings is 1. The van der Waals surface area contributed by atoms with E-state index in [4.69, 9.17) is 4.42 Å². The Kier molecular flexibility index (Phi) is 4.40. The van der Waals surface area contributed by atoms with Crippen LogP contribution in [0.1, 0.15) is 0 Å². The van der Waals surface area contributed by atoms with E-state index in [1.54, 1.807) is 12.4 Å². The van der Waals surface area contributed by atoms with Crippen LogP contribution in [0.3, 0.4) is 0 Å². The molecular formula is C14H11N5O2S. The molecule has 110 valence electrons. The highest BCUT2D eigenvalue weighted by Crippen LogP contribution is 2.21. The molecule has 0 unspecified atom stereocenters. The molecule has 2 aromatic heterocycles. The van der Waals surface area contributed by atoms with Crippen molar-refractivity contribution in [1.29, 1.82) is 0 Å². The van der Waals surface area contributed by atoms with E-state index in [1.165, 1.54) is 6.20 Å². The van der Waals surface area contributed by atoms with Gasteiger partial charge in [-0.1, -0.05) is 30.0 Å². The van der Waals surface area contributed by atoms with Crippen LogP contribution >= 0.6 is 11.8 Å². The molecule has 0 saturated carbocycles. The zero-order valence-corrected chi connectivity index (χ0v) is 12.2. The molecule has 1 amide bonds. The van der Waals surface area contributed by atoms with Gasteiger partial charge in [0.2, 0.25) is 5.91 Å². The Labute approximate surface area is 130 Å².